The number of alkyl halides is 1. The highest BCUT2D eigenvalue weighted by Crippen LogP contribution is 2.30. The number of allylic oxidation sites excluding steroid dienone is 2. The zero-order valence-electron chi connectivity index (χ0n) is 17.0. The third kappa shape index (κ3) is 4.08. The molecule has 8 heteroatoms. The van der Waals surface area contributed by atoms with Gasteiger partial charge < -0.3 is 15.2 Å². The third-order valence-corrected chi connectivity index (χ3v) is 6.80. The molecule has 2 aliphatic rings. The summed E-state index contributed by atoms with van der Waals surface area (Å²) in [5.41, 5.74) is 0.819. The molecule has 1 aromatic heterocycles. The van der Waals surface area contributed by atoms with E-state index in [4.69, 9.17) is 23.2 Å². The molecular formula is C22H25Cl2FN4O. The number of nitrogens with zero attached hydrogens (tertiary/aromatic N) is 2. The first kappa shape index (κ1) is 21.2. The fourth-order valence-corrected chi connectivity index (χ4v) is 4.83. The molecule has 5 nitrogen and oxygen atoms in total. The van der Waals surface area contributed by atoms with Crippen LogP contribution in [0.4, 0.5) is 10.3 Å². The van der Waals surface area contributed by atoms with E-state index in [1.54, 1.807) is 23.8 Å². The number of rotatable bonds is 4. The Balaban J connectivity index is 1.61. The van der Waals surface area contributed by atoms with Crippen LogP contribution in [-0.2, 0) is 7.05 Å². The minimum atomic E-state index is -0.567. The van der Waals surface area contributed by atoms with Gasteiger partial charge in [-0.25, -0.2) is 9.37 Å². The van der Waals surface area contributed by atoms with Crippen molar-refractivity contribution in [3.8, 4) is 0 Å². The van der Waals surface area contributed by atoms with Gasteiger partial charge in [0, 0.05) is 23.7 Å². The number of amides is 1. The largest absolute Gasteiger partial charge is 0.347 e. The van der Waals surface area contributed by atoms with Crippen LogP contribution in [0, 0.1) is 5.82 Å². The maximum absolute atomic E-state index is 14.8. The third-order valence-electron chi connectivity index (χ3n) is 6.04. The first-order valence-corrected chi connectivity index (χ1v) is 11.0. The Morgan fingerprint density at radius 1 is 1.30 bits per heavy atom. The van der Waals surface area contributed by atoms with E-state index in [2.05, 4.69) is 15.6 Å². The Morgan fingerprint density at radius 2 is 2.03 bits per heavy atom. The number of halogens is 3. The average molecular weight is 451 g/mol. The maximum Gasteiger partial charge on any atom is 0.254 e. The normalized spacial score (nSPS) is 23.3. The standard InChI is InChI=1S/C22H25Cl2FN4O/c1-22(9-4-3-5-10-22)28-20(30)13-11-17-18(12-16(13)25)29(2)21(26-17)27-19-14(23)7-6-8-15(19)24/h6-8,11-12,14,19H,3-5,9-10H2,1-2H3,(H,26,27)(H,28,30). The predicted molar refractivity (Wildman–Crippen MR) is 120 cm³/mol. The number of carbonyl (C=O) groups excluding carboxylic acids is 1. The highest BCUT2D eigenvalue weighted by atomic mass is 35.5. The second-order valence-electron chi connectivity index (χ2n) is 8.39. The fourth-order valence-electron chi connectivity index (χ4n) is 4.22. The van der Waals surface area contributed by atoms with Gasteiger partial charge in [-0.2, -0.15) is 0 Å². The molecule has 1 heterocycles. The van der Waals surface area contributed by atoms with Crippen LogP contribution in [0.15, 0.2) is 35.4 Å². The summed E-state index contributed by atoms with van der Waals surface area (Å²) in [5, 5.41) is 6.49. The molecule has 4 rings (SSSR count). The van der Waals surface area contributed by atoms with Gasteiger partial charge in [-0.1, -0.05) is 43.0 Å². The van der Waals surface area contributed by atoms with Crippen LogP contribution in [0.5, 0.6) is 0 Å². The summed E-state index contributed by atoms with van der Waals surface area (Å²) >= 11 is 12.6. The van der Waals surface area contributed by atoms with Crippen molar-refractivity contribution in [1.29, 1.82) is 0 Å². The highest BCUT2D eigenvalue weighted by Gasteiger charge is 2.30. The molecule has 0 saturated heterocycles. The molecule has 1 saturated carbocycles. The SMILES string of the molecule is Cn1c(NC2C(Cl)=CC=CC2Cl)nc2cc(C(=O)NC3(C)CCCCC3)c(F)cc21. The number of hydrogen-bond acceptors (Lipinski definition) is 3. The molecule has 160 valence electrons. The summed E-state index contributed by atoms with van der Waals surface area (Å²) in [6.45, 7) is 2.03. The fraction of sp³-hybridized carbons (Fsp3) is 0.455. The first-order valence-electron chi connectivity index (χ1n) is 10.2. The number of nitrogens with one attached hydrogen (secondary N) is 2. The topological polar surface area (TPSA) is 59.0 Å². The molecular weight excluding hydrogens is 426 g/mol. The minimum Gasteiger partial charge on any atom is -0.347 e. The number of imidazole rings is 1. The van der Waals surface area contributed by atoms with E-state index in [1.165, 1.54) is 18.6 Å². The van der Waals surface area contributed by atoms with Gasteiger partial charge in [0.2, 0.25) is 5.95 Å². The first-order chi connectivity index (χ1) is 14.3. The Morgan fingerprint density at radius 3 is 2.73 bits per heavy atom. The number of hydrogen-bond donors (Lipinski definition) is 2. The Kier molecular flexibility index (Phi) is 5.82. The van der Waals surface area contributed by atoms with Gasteiger partial charge in [0.05, 0.1) is 28.0 Å². The molecule has 2 N–H and O–H groups in total. The molecule has 2 unspecified atom stereocenters. The molecule has 2 aliphatic carbocycles. The number of carbonyl (C=O) groups is 1. The van der Waals surface area contributed by atoms with Crippen LogP contribution < -0.4 is 10.6 Å². The van der Waals surface area contributed by atoms with Crippen LogP contribution in [0.25, 0.3) is 11.0 Å². The molecule has 0 radical (unpaired) electrons. The average Bonchev–Trinajstić information content (AvgIpc) is 2.99. The molecule has 1 aromatic carbocycles. The molecule has 0 spiro atoms. The van der Waals surface area contributed by atoms with Gasteiger partial charge in [-0.3, -0.25) is 4.79 Å². The number of fused-ring (bicyclic) bond motifs is 1. The Bertz CT molecular complexity index is 1040. The Hall–Kier alpha value is -2.05. The molecule has 30 heavy (non-hydrogen) atoms. The molecule has 2 atom stereocenters. The van der Waals surface area contributed by atoms with E-state index >= 15 is 0 Å². The van der Waals surface area contributed by atoms with Crippen molar-refractivity contribution in [2.75, 3.05) is 5.32 Å². The second-order valence-corrected chi connectivity index (χ2v) is 9.33. The van der Waals surface area contributed by atoms with E-state index in [-0.39, 0.29) is 22.5 Å². The van der Waals surface area contributed by atoms with Crippen molar-refractivity contribution < 1.29 is 9.18 Å². The van der Waals surface area contributed by atoms with Crippen molar-refractivity contribution in [2.24, 2.45) is 7.05 Å². The molecule has 0 aliphatic heterocycles. The minimum absolute atomic E-state index is 0.00713. The predicted octanol–water partition coefficient (Wildman–Crippen LogP) is 5.25. The lowest BCUT2D eigenvalue weighted by atomic mass is 9.83. The van der Waals surface area contributed by atoms with Crippen LogP contribution in [-0.4, -0.2) is 32.4 Å². The van der Waals surface area contributed by atoms with Gasteiger partial charge in [-0.05, 0) is 31.9 Å². The Labute approximate surface area is 185 Å². The van der Waals surface area contributed by atoms with E-state index in [9.17, 15) is 9.18 Å². The van der Waals surface area contributed by atoms with Gasteiger partial charge in [0.1, 0.15) is 5.82 Å². The van der Waals surface area contributed by atoms with E-state index in [0.29, 0.717) is 22.0 Å². The van der Waals surface area contributed by atoms with Crippen molar-refractivity contribution in [3.05, 3.63) is 46.8 Å². The van der Waals surface area contributed by atoms with Gasteiger partial charge >= 0.3 is 0 Å². The van der Waals surface area contributed by atoms with E-state index in [1.807, 2.05) is 13.0 Å². The number of anilines is 1. The van der Waals surface area contributed by atoms with Crippen molar-refractivity contribution in [2.45, 2.75) is 56.0 Å². The van der Waals surface area contributed by atoms with E-state index < -0.39 is 11.7 Å². The summed E-state index contributed by atoms with van der Waals surface area (Å²) in [7, 11) is 1.78. The monoisotopic (exact) mass is 450 g/mol. The highest BCUT2D eigenvalue weighted by molar-refractivity contribution is 6.32. The van der Waals surface area contributed by atoms with Crippen LogP contribution in [0.2, 0.25) is 0 Å². The molecule has 0 bridgehead atoms. The summed E-state index contributed by atoms with van der Waals surface area (Å²) in [4.78, 5) is 17.4. The quantitative estimate of drug-likeness (QED) is 0.625. The van der Waals surface area contributed by atoms with Crippen LogP contribution >= 0.6 is 23.2 Å². The lowest BCUT2D eigenvalue weighted by Gasteiger charge is -2.34. The second kappa shape index (κ2) is 8.23. The molecule has 2 aromatic rings. The summed E-state index contributed by atoms with van der Waals surface area (Å²) in [6.07, 6.45) is 10.5. The number of aryl methyl sites for hydroxylation is 1. The summed E-state index contributed by atoms with van der Waals surface area (Å²) < 4.78 is 16.6. The zero-order valence-corrected chi connectivity index (χ0v) is 18.5. The van der Waals surface area contributed by atoms with Crippen molar-refractivity contribution in [1.82, 2.24) is 14.9 Å². The molecule has 1 amide bonds. The summed E-state index contributed by atoms with van der Waals surface area (Å²) in [5.74, 6) is -0.468. The lowest BCUT2D eigenvalue weighted by Crippen LogP contribution is -2.47. The van der Waals surface area contributed by atoms with E-state index in [0.717, 1.165) is 25.7 Å². The van der Waals surface area contributed by atoms with Crippen molar-refractivity contribution in [3.63, 3.8) is 0 Å². The van der Waals surface area contributed by atoms with Crippen LogP contribution in [0.3, 0.4) is 0 Å². The zero-order chi connectivity index (χ0) is 21.5. The van der Waals surface area contributed by atoms with Gasteiger partial charge in [0.25, 0.3) is 5.91 Å². The van der Waals surface area contributed by atoms with Gasteiger partial charge in [-0.15, -0.1) is 11.6 Å². The number of aromatic nitrogens is 2. The van der Waals surface area contributed by atoms with Gasteiger partial charge in [0.15, 0.2) is 0 Å². The maximum atomic E-state index is 14.8. The number of benzene rings is 1. The molecule has 1 fully saturated rings. The lowest BCUT2D eigenvalue weighted by molar-refractivity contribution is 0.0878. The van der Waals surface area contributed by atoms with Crippen LogP contribution in [0.1, 0.15) is 49.4 Å². The smallest absolute Gasteiger partial charge is 0.254 e. The summed E-state index contributed by atoms with van der Waals surface area (Å²) in [6, 6.07) is 2.52. The van der Waals surface area contributed by atoms with Crippen molar-refractivity contribution >= 4 is 46.1 Å².